The van der Waals surface area contributed by atoms with Crippen LogP contribution in [0.15, 0.2) is 10.6 Å². The van der Waals surface area contributed by atoms with Crippen molar-refractivity contribution in [3.05, 3.63) is 17.5 Å². The molecule has 1 aromatic heterocycles. The highest BCUT2D eigenvalue weighted by atomic mass is 16.5. The fourth-order valence-corrected chi connectivity index (χ4v) is 4.87. The van der Waals surface area contributed by atoms with Gasteiger partial charge in [-0.1, -0.05) is 11.6 Å². The van der Waals surface area contributed by atoms with Gasteiger partial charge < -0.3 is 9.42 Å². The molecule has 1 aromatic rings. The van der Waals surface area contributed by atoms with Gasteiger partial charge in [0.05, 0.1) is 12.2 Å². The third-order valence-electron chi connectivity index (χ3n) is 6.31. The minimum atomic E-state index is 0.411. The molecule has 2 atom stereocenters. The zero-order valence-electron chi connectivity index (χ0n) is 14.7. The number of likely N-dealkylation sites (tertiary alicyclic amines) is 2. The Hall–Kier alpha value is -1.36. The maximum Gasteiger partial charge on any atom is 0.222 e. The molecule has 1 saturated carbocycles. The number of aromatic nitrogens is 1. The van der Waals surface area contributed by atoms with E-state index in [1.807, 2.05) is 13.0 Å². The van der Waals surface area contributed by atoms with Gasteiger partial charge in [-0.05, 0) is 63.5 Å². The van der Waals surface area contributed by atoms with Crippen LogP contribution < -0.4 is 0 Å². The molecule has 0 N–H and O–H groups in total. The summed E-state index contributed by atoms with van der Waals surface area (Å²) in [5, 5.41) is 3.95. The van der Waals surface area contributed by atoms with Crippen molar-refractivity contribution in [3.63, 3.8) is 0 Å². The summed E-state index contributed by atoms with van der Waals surface area (Å²) in [7, 11) is 0. The second-order valence-corrected chi connectivity index (χ2v) is 8.11. The van der Waals surface area contributed by atoms with Crippen LogP contribution in [0.4, 0.5) is 0 Å². The Bertz CT molecular complexity index is 565. The molecule has 1 amide bonds. The topological polar surface area (TPSA) is 49.6 Å². The molecule has 0 aromatic carbocycles. The number of carbonyl (C=O) groups excluding carboxylic acids is 1. The smallest absolute Gasteiger partial charge is 0.222 e. The predicted molar refractivity (Wildman–Crippen MR) is 91.3 cm³/mol. The normalized spacial score (nSPS) is 28.5. The first kappa shape index (κ1) is 16.1. The molecule has 4 rings (SSSR count). The third-order valence-corrected chi connectivity index (χ3v) is 6.31. The molecule has 24 heavy (non-hydrogen) atoms. The van der Waals surface area contributed by atoms with Crippen LogP contribution in [0, 0.1) is 24.7 Å². The second kappa shape index (κ2) is 6.87. The van der Waals surface area contributed by atoms with Crippen molar-refractivity contribution < 1.29 is 9.32 Å². The lowest BCUT2D eigenvalue weighted by atomic mass is 9.93. The molecule has 0 radical (unpaired) electrons. The minimum Gasteiger partial charge on any atom is -0.360 e. The van der Waals surface area contributed by atoms with Gasteiger partial charge in [0.25, 0.3) is 0 Å². The van der Waals surface area contributed by atoms with Crippen molar-refractivity contribution >= 4 is 5.91 Å². The molecular weight excluding hydrogens is 302 g/mol. The zero-order valence-corrected chi connectivity index (χ0v) is 14.7. The minimum absolute atomic E-state index is 0.411. The van der Waals surface area contributed by atoms with Gasteiger partial charge in [0.2, 0.25) is 5.91 Å². The number of aryl methyl sites for hydroxylation is 1. The van der Waals surface area contributed by atoms with Crippen molar-refractivity contribution in [1.82, 2.24) is 15.0 Å². The van der Waals surface area contributed by atoms with Crippen LogP contribution in [0.3, 0.4) is 0 Å². The highest BCUT2D eigenvalue weighted by Crippen LogP contribution is 2.38. The lowest BCUT2D eigenvalue weighted by Gasteiger charge is -2.31. The summed E-state index contributed by atoms with van der Waals surface area (Å²) in [5.41, 5.74) is 0.945. The average Bonchev–Trinajstić information content (AvgIpc) is 3.25. The maximum atomic E-state index is 12.6. The van der Waals surface area contributed by atoms with Crippen LogP contribution in [0.2, 0.25) is 0 Å². The van der Waals surface area contributed by atoms with Gasteiger partial charge in [0.15, 0.2) is 5.76 Å². The quantitative estimate of drug-likeness (QED) is 0.851. The lowest BCUT2D eigenvalue weighted by molar-refractivity contribution is -0.131. The fourth-order valence-electron chi connectivity index (χ4n) is 4.87. The first-order chi connectivity index (χ1) is 11.7. The molecule has 1 aliphatic carbocycles. The molecule has 3 fully saturated rings. The number of hydrogen-bond acceptors (Lipinski definition) is 4. The summed E-state index contributed by atoms with van der Waals surface area (Å²) >= 11 is 0. The Labute approximate surface area is 144 Å². The summed E-state index contributed by atoms with van der Waals surface area (Å²) in [6.07, 6.45) is 7.07. The highest BCUT2D eigenvalue weighted by molar-refractivity contribution is 5.76. The number of fused-ring (bicyclic) bond motifs is 1. The van der Waals surface area contributed by atoms with Gasteiger partial charge >= 0.3 is 0 Å². The summed E-state index contributed by atoms with van der Waals surface area (Å²) in [6.45, 7) is 6.99. The third kappa shape index (κ3) is 3.51. The van der Waals surface area contributed by atoms with Crippen LogP contribution >= 0.6 is 0 Å². The highest BCUT2D eigenvalue weighted by Gasteiger charge is 2.38. The molecule has 0 bridgehead atoms. The van der Waals surface area contributed by atoms with E-state index in [2.05, 4.69) is 15.0 Å². The lowest BCUT2D eigenvalue weighted by Crippen LogP contribution is -2.36. The summed E-state index contributed by atoms with van der Waals surface area (Å²) in [6, 6.07) is 2.01. The van der Waals surface area contributed by atoms with E-state index in [1.54, 1.807) is 0 Å². The molecular formula is C19H29N3O2. The first-order valence-corrected chi connectivity index (χ1v) is 9.59. The van der Waals surface area contributed by atoms with E-state index < -0.39 is 0 Å². The van der Waals surface area contributed by atoms with Crippen molar-refractivity contribution in [2.24, 2.45) is 17.8 Å². The zero-order chi connectivity index (χ0) is 16.5. The summed E-state index contributed by atoms with van der Waals surface area (Å²) < 4.78 is 5.31. The number of hydrogen-bond donors (Lipinski definition) is 0. The van der Waals surface area contributed by atoms with Gasteiger partial charge in [-0.3, -0.25) is 9.69 Å². The van der Waals surface area contributed by atoms with Gasteiger partial charge in [-0.25, -0.2) is 0 Å². The van der Waals surface area contributed by atoms with Gasteiger partial charge in [0.1, 0.15) is 0 Å². The molecule has 3 heterocycles. The van der Waals surface area contributed by atoms with Crippen LogP contribution in [-0.4, -0.2) is 47.0 Å². The first-order valence-electron chi connectivity index (χ1n) is 9.59. The van der Waals surface area contributed by atoms with E-state index in [0.29, 0.717) is 11.8 Å². The van der Waals surface area contributed by atoms with E-state index >= 15 is 0 Å². The second-order valence-electron chi connectivity index (χ2n) is 8.11. The van der Waals surface area contributed by atoms with Crippen molar-refractivity contribution in [2.75, 3.05) is 26.2 Å². The van der Waals surface area contributed by atoms with Crippen LogP contribution in [0.25, 0.3) is 0 Å². The van der Waals surface area contributed by atoms with E-state index in [1.165, 1.54) is 19.3 Å². The van der Waals surface area contributed by atoms with E-state index in [4.69, 9.17) is 4.52 Å². The van der Waals surface area contributed by atoms with E-state index in [9.17, 15) is 4.79 Å². The number of nitrogens with zero attached hydrogens (tertiary/aromatic N) is 3. The summed E-state index contributed by atoms with van der Waals surface area (Å²) in [5.74, 6) is 3.53. The molecule has 2 saturated heterocycles. The SMILES string of the molecule is Cc1cc(CN2CCC(CC(=O)N3CC4CCCC4C3)CC2)on1. The Morgan fingerprint density at radius 1 is 1.21 bits per heavy atom. The van der Waals surface area contributed by atoms with Gasteiger partial charge in [-0.2, -0.15) is 0 Å². The van der Waals surface area contributed by atoms with Gasteiger partial charge in [0, 0.05) is 25.6 Å². The monoisotopic (exact) mass is 331 g/mol. The standard InChI is InChI=1S/C19H29N3O2/c1-14-9-18(24-20-14)13-21-7-5-15(6-8-21)10-19(23)22-11-16-3-2-4-17(16)12-22/h9,15-17H,2-8,10-13H2,1H3. The molecule has 2 unspecified atom stereocenters. The molecule has 2 aliphatic heterocycles. The summed E-state index contributed by atoms with van der Waals surface area (Å²) in [4.78, 5) is 17.2. The fraction of sp³-hybridized carbons (Fsp3) is 0.789. The Kier molecular flexibility index (Phi) is 4.61. The largest absolute Gasteiger partial charge is 0.360 e. The molecule has 5 nitrogen and oxygen atoms in total. The predicted octanol–water partition coefficient (Wildman–Crippen LogP) is 2.84. The van der Waals surface area contributed by atoms with Crippen molar-refractivity contribution in [3.8, 4) is 0 Å². The Morgan fingerprint density at radius 3 is 2.54 bits per heavy atom. The number of carbonyl (C=O) groups is 1. The molecule has 5 heteroatoms. The van der Waals surface area contributed by atoms with E-state index in [-0.39, 0.29) is 0 Å². The van der Waals surface area contributed by atoms with Crippen LogP contribution in [0.1, 0.15) is 50.0 Å². The van der Waals surface area contributed by atoms with Crippen LogP contribution in [0.5, 0.6) is 0 Å². The van der Waals surface area contributed by atoms with E-state index in [0.717, 1.165) is 75.3 Å². The van der Waals surface area contributed by atoms with Gasteiger partial charge in [-0.15, -0.1) is 0 Å². The molecule has 3 aliphatic rings. The Balaban J connectivity index is 1.21. The maximum absolute atomic E-state index is 12.6. The Morgan fingerprint density at radius 2 is 1.92 bits per heavy atom. The van der Waals surface area contributed by atoms with Crippen molar-refractivity contribution in [1.29, 1.82) is 0 Å². The van der Waals surface area contributed by atoms with Crippen LogP contribution in [-0.2, 0) is 11.3 Å². The van der Waals surface area contributed by atoms with Crippen molar-refractivity contribution in [2.45, 2.75) is 52.0 Å². The molecule has 132 valence electrons. The molecule has 0 spiro atoms. The number of piperidine rings is 1. The average molecular weight is 331 g/mol. The number of amides is 1. The number of rotatable bonds is 4.